The molecule has 2 aliphatic rings. The van der Waals surface area contributed by atoms with Gasteiger partial charge in [0.25, 0.3) is 0 Å². The zero-order valence-electron chi connectivity index (χ0n) is 22.0. The molecule has 0 saturated heterocycles. The van der Waals surface area contributed by atoms with E-state index in [1.807, 2.05) is 12.4 Å². The van der Waals surface area contributed by atoms with Crippen molar-refractivity contribution in [3.05, 3.63) is 96.3 Å². The summed E-state index contributed by atoms with van der Waals surface area (Å²) in [5.74, 6) is 2.29. The lowest BCUT2D eigenvalue weighted by Gasteiger charge is -2.56. The molecule has 0 spiro atoms. The monoisotopic (exact) mass is 474 g/mol. The van der Waals surface area contributed by atoms with E-state index in [0.717, 1.165) is 17.3 Å². The summed E-state index contributed by atoms with van der Waals surface area (Å²) >= 11 is 0. The number of benzene rings is 3. The number of hydrogen-bond acceptors (Lipinski definition) is 4. The zero-order valence-corrected chi connectivity index (χ0v) is 22.0. The molecule has 2 aliphatic heterocycles. The van der Waals surface area contributed by atoms with Crippen LogP contribution in [-0.4, -0.2) is 16.1 Å². The molecule has 0 radical (unpaired) electrons. The Bertz CT molecular complexity index is 1440. The molecule has 6 rings (SSSR count). The number of para-hydroxylation sites is 1. The van der Waals surface area contributed by atoms with Crippen molar-refractivity contribution in [1.29, 1.82) is 0 Å². The molecule has 0 bridgehead atoms. The fraction of sp³-hybridized carbons (Fsp3) is 0.312. The van der Waals surface area contributed by atoms with Crippen molar-refractivity contribution < 1.29 is 0 Å². The summed E-state index contributed by atoms with van der Waals surface area (Å²) in [5, 5.41) is 0. The average Bonchev–Trinajstić information content (AvgIpc) is 3.24. The predicted molar refractivity (Wildman–Crippen MR) is 149 cm³/mol. The molecule has 1 unspecified atom stereocenters. The van der Waals surface area contributed by atoms with E-state index in [1.165, 1.54) is 27.9 Å². The molecule has 0 aliphatic carbocycles. The number of aromatic nitrogens is 2. The van der Waals surface area contributed by atoms with Gasteiger partial charge in [-0.3, -0.25) is 0 Å². The van der Waals surface area contributed by atoms with E-state index >= 15 is 0 Å². The summed E-state index contributed by atoms with van der Waals surface area (Å²) < 4.78 is 0. The van der Waals surface area contributed by atoms with Gasteiger partial charge in [-0.05, 0) is 46.4 Å². The second-order valence-corrected chi connectivity index (χ2v) is 11.5. The molecular weight excluding hydrogens is 440 g/mol. The first-order valence-electron chi connectivity index (χ1n) is 12.9. The summed E-state index contributed by atoms with van der Waals surface area (Å²) in [6, 6.07) is 26.4. The first kappa shape index (κ1) is 22.8. The van der Waals surface area contributed by atoms with E-state index in [9.17, 15) is 0 Å². The van der Waals surface area contributed by atoms with Gasteiger partial charge in [0.05, 0.1) is 0 Å². The fourth-order valence-electron chi connectivity index (χ4n) is 6.11. The lowest BCUT2D eigenvalue weighted by Crippen LogP contribution is -2.60. The van der Waals surface area contributed by atoms with Crippen molar-refractivity contribution in [2.24, 2.45) is 5.41 Å². The van der Waals surface area contributed by atoms with Crippen LogP contribution in [-0.2, 0) is 5.41 Å². The second-order valence-electron chi connectivity index (χ2n) is 11.5. The van der Waals surface area contributed by atoms with Gasteiger partial charge in [-0.15, -0.1) is 0 Å². The highest BCUT2D eigenvalue weighted by Crippen LogP contribution is 2.61. The molecule has 1 aromatic heterocycles. The minimum atomic E-state index is -0.115. The zero-order chi connectivity index (χ0) is 25.2. The SMILES string of the molecule is CC(C)c1ccccc1-c1ccc2c(c1)N1c3nccnc3N(c3ccccc3)C1C(C)(C)C2(C)C. The normalized spacial score (nSPS) is 19.1. The summed E-state index contributed by atoms with van der Waals surface area (Å²) in [7, 11) is 0. The summed E-state index contributed by atoms with van der Waals surface area (Å²) in [4.78, 5) is 14.6. The average molecular weight is 475 g/mol. The molecule has 3 heterocycles. The van der Waals surface area contributed by atoms with Gasteiger partial charge in [0, 0.05) is 34.6 Å². The molecule has 3 aromatic carbocycles. The molecule has 4 aromatic rings. The van der Waals surface area contributed by atoms with Crippen LogP contribution in [0.15, 0.2) is 85.2 Å². The van der Waals surface area contributed by atoms with Crippen molar-refractivity contribution in [1.82, 2.24) is 9.97 Å². The molecule has 4 heteroatoms. The number of fused-ring (bicyclic) bond motifs is 5. The molecule has 0 amide bonds. The quantitative estimate of drug-likeness (QED) is 0.299. The van der Waals surface area contributed by atoms with E-state index in [2.05, 4.69) is 124 Å². The lowest BCUT2D eigenvalue weighted by molar-refractivity contribution is 0.146. The van der Waals surface area contributed by atoms with Gasteiger partial charge >= 0.3 is 0 Å². The van der Waals surface area contributed by atoms with Gasteiger partial charge in [0.15, 0.2) is 11.6 Å². The van der Waals surface area contributed by atoms with Gasteiger partial charge < -0.3 is 9.80 Å². The molecule has 4 nitrogen and oxygen atoms in total. The van der Waals surface area contributed by atoms with E-state index < -0.39 is 0 Å². The summed E-state index contributed by atoms with van der Waals surface area (Å²) in [5.41, 5.74) is 7.42. The lowest BCUT2D eigenvalue weighted by atomic mass is 9.59. The van der Waals surface area contributed by atoms with Crippen LogP contribution in [0.5, 0.6) is 0 Å². The Balaban J connectivity index is 1.63. The molecule has 36 heavy (non-hydrogen) atoms. The first-order valence-corrected chi connectivity index (χ1v) is 12.9. The highest BCUT2D eigenvalue weighted by Gasteiger charge is 2.58. The van der Waals surface area contributed by atoms with Crippen molar-refractivity contribution in [3.8, 4) is 11.1 Å². The Morgan fingerprint density at radius 1 is 0.750 bits per heavy atom. The maximum atomic E-state index is 4.90. The second kappa shape index (κ2) is 7.92. The topological polar surface area (TPSA) is 32.3 Å². The summed E-state index contributed by atoms with van der Waals surface area (Å²) in [6.07, 6.45) is 3.66. The van der Waals surface area contributed by atoms with Gasteiger partial charge in [0.1, 0.15) is 6.17 Å². The van der Waals surface area contributed by atoms with Crippen molar-refractivity contribution in [3.63, 3.8) is 0 Å². The minimum absolute atomic E-state index is 0.0374. The van der Waals surface area contributed by atoms with Crippen LogP contribution in [0.25, 0.3) is 11.1 Å². The smallest absolute Gasteiger partial charge is 0.178 e. The van der Waals surface area contributed by atoms with Crippen molar-refractivity contribution in [2.75, 3.05) is 9.80 Å². The van der Waals surface area contributed by atoms with Crippen LogP contribution in [0.4, 0.5) is 23.0 Å². The molecule has 1 atom stereocenters. The largest absolute Gasteiger partial charge is 0.301 e. The first-order chi connectivity index (χ1) is 17.2. The number of hydrogen-bond donors (Lipinski definition) is 0. The van der Waals surface area contributed by atoms with Gasteiger partial charge in [-0.1, -0.05) is 96.1 Å². The maximum absolute atomic E-state index is 4.90. The summed E-state index contributed by atoms with van der Waals surface area (Å²) in [6.45, 7) is 14.1. The van der Waals surface area contributed by atoms with Crippen LogP contribution in [0, 0.1) is 5.41 Å². The highest BCUT2D eigenvalue weighted by atomic mass is 15.5. The standard InChI is InChI=1S/C32H34N4/c1-21(2)24-14-10-11-15-25(24)22-16-17-26-27(20-22)36-29-28(33-18-19-34-29)35(23-12-8-7-9-13-23)30(36)32(5,6)31(26,3)4/h7-21,30H,1-6H3. The van der Waals surface area contributed by atoms with Crippen LogP contribution in [0.3, 0.4) is 0 Å². The number of nitrogens with zero attached hydrogens (tertiary/aromatic N) is 4. The van der Waals surface area contributed by atoms with Crippen LogP contribution in [0.2, 0.25) is 0 Å². The number of anilines is 4. The van der Waals surface area contributed by atoms with Crippen molar-refractivity contribution >= 4 is 23.0 Å². The van der Waals surface area contributed by atoms with E-state index in [-0.39, 0.29) is 17.0 Å². The van der Waals surface area contributed by atoms with E-state index in [1.54, 1.807) is 0 Å². The maximum Gasteiger partial charge on any atom is 0.178 e. The van der Waals surface area contributed by atoms with Crippen LogP contribution in [0.1, 0.15) is 58.6 Å². The third kappa shape index (κ3) is 3.06. The Morgan fingerprint density at radius 2 is 1.39 bits per heavy atom. The molecule has 0 saturated carbocycles. The molecule has 182 valence electrons. The third-order valence-corrected chi connectivity index (χ3v) is 8.72. The minimum Gasteiger partial charge on any atom is -0.301 e. The van der Waals surface area contributed by atoms with Crippen LogP contribution < -0.4 is 9.80 Å². The Kier molecular flexibility index (Phi) is 5.01. The highest BCUT2D eigenvalue weighted by molar-refractivity contribution is 5.88. The van der Waals surface area contributed by atoms with Gasteiger partial charge in [0.2, 0.25) is 0 Å². The molecular formula is C32H34N4. The predicted octanol–water partition coefficient (Wildman–Crippen LogP) is 8.20. The molecule has 0 N–H and O–H groups in total. The fourth-order valence-corrected chi connectivity index (χ4v) is 6.11. The van der Waals surface area contributed by atoms with Gasteiger partial charge in [-0.2, -0.15) is 0 Å². The van der Waals surface area contributed by atoms with E-state index in [4.69, 9.17) is 9.97 Å². The van der Waals surface area contributed by atoms with Crippen LogP contribution >= 0.6 is 0 Å². The number of rotatable bonds is 3. The van der Waals surface area contributed by atoms with Crippen molar-refractivity contribution in [2.45, 2.75) is 59.0 Å². The van der Waals surface area contributed by atoms with Gasteiger partial charge in [-0.25, -0.2) is 9.97 Å². The third-order valence-electron chi connectivity index (χ3n) is 8.72. The molecule has 0 fully saturated rings. The Morgan fingerprint density at radius 3 is 2.08 bits per heavy atom. The Labute approximate surface area is 214 Å². The Hall–Kier alpha value is -3.66. The van der Waals surface area contributed by atoms with E-state index in [0.29, 0.717) is 5.92 Å².